The van der Waals surface area contributed by atoms with Crippen LogP contribution < -0.4 is 5.32 Å². The van der Waals surface area contributed by atoms with Crippen molar-refractivity contribution in [2.75, 3.05) is 12.4 Å². The Morgan fingerprint density at radius 1 is 1.40 bits per heavy atom. The van der Waals surface area contributed by atoms with Gasteiger partial charge >= 0.3 is 5.97 Å². The van der Waals surface area contributed by atoms with Gasteiger partial charge in [0.25, 0.3) is 0 Å². The second-order valence-electron chi connectivity index (χ2n) is 4.68. The minimum atomic E-state index is -0.274. The summed E-state index contributed by atoms with van der Waals surface area (Å²) in [5.74, 6) is 0.446. The zero-order valence-electron chi connectivity index (χ0n) is 11.6. The van der Waals surface area contributed by atoms with E-state index in [1.165, 1.54) is 5.56 Å². The Labute approximate surface area is 123 Å². The Hall–Kier alpha value is -1.49. The summed E-state index contributed by atoms with van der Waals surface area (Å²) in [6.45, 7) is 2.19. The molecule has 1 N–H and O–H groups in total. The second kappa shape index (κ2) is 7.33. The standard InChI is InChI=1S/C15H19NO3S/c1-2-19-15(18)12-8-6-11(7-9-12)4-3-5-14-16-13(17)10-20-14/h6-9,14H,2-5,10H2,1H3,(H,16,17)/t14-/m1/s1. The first kappa shape index (κ1) is 14.9. The molecule has 1 aromatic rings. The quantitative estimate of drug-likeness (QED) is 0.818. The third kappa shape index (κ3) is 4.27. The van der Waals surface area contributed by atoms with Crippen molar-refractivity contribution >= 4 is 23.6 Å². The molecule has 1 atom stereocenters. The Bertz CT molecular complexity index is 473. The number of aryl methyl sites for hydroxylation is 1. The van der Waals surface area contributed by atoms with Crippen LogP contribution in [0.3, 0.4) is 0 Å². The molecule has 1 saturated heterocycles. The maximum Gasteiger partial charge on any atom is 0.338 e. The smallest absolute Gasteiger partial charge is 0.338 e. The van der Waals surface area contributed by atoms with E-state index in [4.69, 9.17) is 4.74 Å². The minimum Gasteiger partial charge on any atom is -0.462 e. The van der Waals surface area contributed by atoms with Crippen molar-refractivity contribution in [1.29, 1.82) is 0 Å². The third-order valence-electron chi connectivity index (χ3n) is 3.13. The van der Waals surface area contributed by atoms with E-state index in [2.05, 4.69) is 5.32 Å². The van der Waals surface area contributed by atoms with Crippen molar-refractivity contribution < 1.29 is 14.3 Å². The van der Waals surface area contributed by atoms with E-state index in [1.807, 2.05) is 12.1 Å². The van der Waals surface area contributed by atoms with E-state index in [0.29, 0.717) is 17.9 Å². The number of rotatable bonds is 6. The third-order valence-corrected chi connectivity index (χ3v) is 4.32. The molecule has 0 aromatic heterocycles. The van der Waals surface area contributed by atoms with Gasteiger partial charge in [-0.2, -0.15) is 0 Å². The molecule has 0 unspecified atom stereocenters. The Kier molecular flexibility index (Phi) is 5.47. The maximum absolute atomic E-state index is 11.5. The highest BCUT2D eigenvalue weighted by atomic mass is 32.2. The van der Waals surface area contributed by atoms with E-state index in [0.717, 1.165) is 19.3 Å². The highest BCUT2D eigenvalue weighted by molar-refractivity contribution is 8.01. The van der Waals surface area contributed by atoms with Gasteiger partial charge in [-0.1, -0.05) is 12.1 Å². The lowest BCUT2D eigenvalue weighted by Crippen LogP contribution is -2.24. The molecular weight excluding hydrogens is 274 g/mol. The lowest BCUT2D eigenvalue weighted by molar-refractivity contribution is -0.118. The van der Waals surface area contributed by atoms with Crippen LogP contribution in [0.4, 0.5) is 0 Å². The zero-order chi connectivity index (χ0) is 14.4. The molecule has 1 amide bonds. The molecule has 1 fully saturated rings. The lowest BCUT2D eigenvalue weighted by Gasteiger charge is -2.09. The number of ether oxygens (including phenoxy) is 1. The summed E-state index contributed by atoms with van der Waals surface area (Å²) in [7, 11) is 0. The molecule has 0 radical (unpaired) electrons. The highest BCUT2D eigenvalue weighted by Gasteiger charge is 2.20. The van der Waals surface area contributed by atoms with E-state index in [-0.39, 0.29) is 17.3 Å². The van der Waals surface area contributed by atoms with Gasteiger partial charge in [-0.25, -0.2) is 4.79 Å². The van der Waals surface area contributed by atoms with E-state index >= 15 is 0 Å². The summed E-state index contributed by atoms with van der Waals surface area (Å²) in [4.78, 5) is 22.6. The van der Waals surface area contributed by atoms with Gasteiger partial charge in [0.15, 0.2) is 0 Å². The average Bonchev–Trinajstić information content (AvgIpc) is 2.85. The number of carbonyl (C=O) groups excluding carboxylic acids is 2. The fourth-order valence-corrected chi connectivity index (χ4v) is 3.09. The molecule has 4 nitrogen and oxygen atoms in total. The van der Waals surface area contributed by atoms with Crippen molar-refractivity contribution in [2.45, 2.75) is 31.6 Å². The van der Waals surface area contributed by atoms with Gasteiger partial charge in [0.05, 0.1) is 23.3 Å². The fraction of sp³-hybridized carbons (Fsp3) is 0.467. The summed E-state index contributed by atoms with van der Waals surface area (Å²) in [6, 6.07) is 7.54. The van der Waals surface area contributed by atoms with Crippen LogP contribution in [-0.2, 0) is 16.0 Å². The largest absolute Gasteiger partial charge is 0.462 e. The topological polar surface area (TPSA) is 55.4 Å². The van der Waals surface area contributed by atoms with Gasteiger partial charge in [0.1, 0.15) is 0 Å². The van der Waals surface area contributed by atoms with Crippen molar-refractivity contribution in [3.05, 3.63) is 35.4 Å². The summed E-state index contributed by atoms with van der Waals surface area (Å²) in [5.41, 5.74) is 1.79. The summed E-state index contributed by atoms with van der Waals surface area (Å²) >= 11 is 1.68. The molecular formula is C15H19NO3S. The minimum absolute atomic E-state index is 0.138. The SMILES string of the molecule is CCOC(=O)c1ccc(CCC[C@@H]2NC(=O)CS2)cc1. The van der Waals surface area contributed by atoms with Crippen LogP contribution in [0.2, 0.25) is 0 Å². The van der Waals surface area contributed by atoms with Crippen molar-refractivity contribution in [3.63, 3.8) is 0 Å². The number of esters is 1. The van der Waals surface area contributed by atoms with Crippen molar-refractivity contribution in [3.8, 4) is 0 Å². The van der Waals surface area contributed by atoms with Gasteiger partial charge in [-0.05, 0) is 43.9 Å². The number of carbonyl (C=O) groups is 2. The van der Waals surface area contributed by atoms with Crippen LogP contribution in [0.25, 0.3) is 0 Å². The predicted octanol–water partition coefficient (Wildman–Crippen LogP) is 2.38. The number of benzene rings is 1. The predicted molar refractivity (Wildman–Crippen MR) is 79.7 cm³/mol. The molecule has 108 valence electrons. The molecule has 2 rings (SSSR count). The molecule has 0 saturated carbocycles. The van der Waals surface area contributed by atoms with Gasteiger partial charge in [0.2, 0.25) is 5.91 Å². The van der Waals surface area contributed by atoms with E-state index < -0.39 is 0 Å². The van der Waals surface area contributed by atoms with Gasteiger partial charge in [-0.3, -0.25) is 4.79 Å². The number of amides is 1. The first-order valence-electron chi connectivity index (χ1n) is 6.86. The molecule has 1 aliphatic heterocycles. The van der Waals surface area contributed by atoms with Crippen LogP contribution in [0.15, 0.2) is 24.3 Å². The van der Waals surface area contributed by atoms with E-state index in [1.54, 1.807) is 30.8 Å². The van der Waals surface area contributed by atoms with Crippen LogP contribution in [0.5, 0.6) is 0 Å². The number of thioether (sulfide) groups is 1. The fourth-order valence-electron chi connectivity index (χ4n) is 2.11. The normalized spacial score (nSPS) is 17.9. The first-order chi connectivity index (χ1) is 9.69. The summed E-state index contributed by atoms with van der Waals surface area (Å²) in [6.07, 6.45) is 2.96. The highest BCUT2D eigenvalue weighted by Crippen LogP contribution is 2.20. The van der Waals surface area contributed by atoms with E-state index in [9.17, 15) is 9.59 Å². The Balaban J connectivity index is 1.76. The average molecular weight is 293 g/mol. The number of nitrogens with one attached hydrogen (secondary N) is 1. The molecule has 0 aliphatic carbocycles. The van der Waals surface area contributed by atoms with Crippen LogP contribution in [0, 0.1) is 0 Å². The molecule has 1 aromatic carbocycles. The van der Waals surface area contributed by atoms with Gasteiger partial charge in [0, 0.05) is 0 Å². The van der Waals surface area contributed by atoms with Crippen molar-refractivity contribution in [1.82, 2.24) is 5.32 Å². The summed E-state index contributed by atoms with van der Waals surface area (Å²) < 4.78 is 4.94. The van der Waals surface area contributed by atoms with Crippen LogP contribution in [-0.4, -0.2) is 29.6 Å². The Morgan fingerprint density at radius 3 is 2.75 bits per heavy atom. The van der Waals surface area contributed by atoms with Crippen LogP contribution in [0.1, 0.15) is 35.7 Å². The number of hydrogen-bond donors (Lipinski definition) is 1. The maximum atomic E-state index is 11.5. The van der Waals surface area contributed by atoms with Gasteiger partial charge in [-0.15, -0.1) is 11.8 Å². The number of hydrogen-bond acceptors (Lipinski definition) is 4. The molecule has 1 aliphatic rings. The molecule has 0 spiro atoms. The molecule has 5 heteroatoms. The first-order valence-corrected chi connectivity index (χ1v) is 7.91. The molecule has 20 heavy (non-hydrogen) atoms. The lowest BCUT2D eigenvalue weighted by atomic mass is 10.1. The Morgan fingerprint density at radius 2 is 2.15 bits per heavy atom. The molecule has 1 heterocycles. The summed E-state index contributed by atoms with van der Waals surface area (Å²) in [5, 5.41) is 3.21. The van der Waals surface area contributed by atoms with Crippen LogP contribution >= 0.6 is 11.8 Å². The molecule has 0 bridgehead atoms. The van der Waals surface area contributed by atoms with Gasteiger partial charge < -0.3 is 10.1 Å². The second-order valence-corrected chi connectivity index (χ2v) is 5.87. The monoisotopic (exact) mass is 293 g/mol. The zero-order valence-corrected chi connectivity index (χ0v) is 12.4. The van der Waals surface area contributed by atoms with Crippen molar-refractivity contribution in [2.24, 2.45) is 0 Å².